The van der Waals surface area contributed by atoms with Crippen LogP contribution in [0.4, 0.5) is 0 Å². The minimum Gasteiger partial charge on any atom is -0.493 e. The lowest BCUT2D eigenvalue weighted by Crippen LogP contribution is -2.32. The van der Waals surface area contributed by atoms with Gasteiger partial charge in [0.15, 0.2) is 0 Å². The first kappa shape index (κ1) is 70.8. The van der Waals surface area contributed by atoms with Crippen molar-refractivity contribution in [2.24, 2.45) is 0 Å². The summed E-state index contributed by atoms with van der Waals surface area (Å²) in [6.07, 6.45) is 1.73. The second-order valence-corrected chi connectivity index (χ2v) is 22.6. The Hall–Kier alpha value is -4.95. The molecule has 0 saturated carbocycles. The third-order valence-corrected chi connectivity index (χ3v) is 14.9. The van der Waals surface area contributed by atoms with Gasteiger partial charge in [-0.25, -0.2) is 4.79 Å². The highest BCUT2D eigenvalue weighted by atomic mass is 32.2. The number of hydrogen-bond donors (Lipinski definition) is 4. The molecule has 0 atom stereocenters. The average molecular weight is 1270 g/mol. The number of rotatable bonds is 50. The van der Waals surface area contributed by atoms with E-state index in [-0.39, 0.29) is 96.1 Å². The fourth-order valence-corrected chi connectivity index (χ4v) is 10.4. The summed E-state index contributed by atoms with van der Waals surface area (Å²) in [5.74, 6) is -1.88. The molecule has 5 rings (SSSR count). The smallest absolute Gasteiger partial charge is 0.335 e. The maximum absolute atomic E-state index is 12.5. The normalized spacial score (nSPS) is 13.3. The molecular formula is C53H76N2O27S3. The van der Waals surface area contributed by atoms with Crippen LogP contribution in [0, 0.1) is 0 Å². The van der Waals surface area contributed by atoms with Crippen molar-refractivity contribution in [3.8, 4) is 5.75 Å². The zero-order valence-electron chi connectivity index (χ0n) is 47.1. The van der Waals surface area contributed by atoms with E-state index >= 15 is 0 Å². The van der Waals surface area contributed by atoms with Crippen LogP contribution in [-0.4, -0.2) is 239 Å². The Morgan fingerprint density at radius 3 is 1.20 bits per heavy atom. The van der Waals surface area contributed by atoms with Crippen LogP contribution in [0.2, 0.25) is 0 Å². The van der Waals surface area contributed by atoms with Gasteiger partial charge in [-0.15, -0.1) is 5.06 Å². The van der Waals surface area contributed by atoms with E-state index in [0.29, 0.717) is 176 Å². The number of carbonyl (C=O) groups excluding carboxylic acids is 4. The minimum atomic E-state index is -5.11. The van der Waals surface area contributed by atoms with Gasteiger partial charge in [-0.3, -0.25) is 28.0 Å². The van der Waals surface area contributed by atoms with Crippen LogP contribution < -0.4 is 10.1 Å². The molecule has 478 valence electrons. The molecule has 1 fully saturated rings. The fraction of sp³-hybridized carbons (Fsp3) is 0.623. The first-order chi connectivity index (χ1) is 40.9. The number of nitrogens with zero attached hydrogens (tertiary/aromatic N) is 1. The number of unbranched alkanes of at least 4 members (excludes halogenated alkanes) is 2. The van der Waals surface area contributed by atoms with Crippen LogP contribution in [0.3, 0.4) is 0 Å². The predicted molar refractivity (Wildman–Crippen MR) is 298 cm³/mol. The van der Waals surface area contributed by atoms with Crippen LogP contribution in [0.25, 0.3) is 32.3 Å². The van der Waals surface area contributed by atoms with Crippen molar-refractivity contribution in [1.29, 1.82) is 0 Å². The number of hydrogen-bond acceptors (Lipinski definition) is 24. The summed E-state index contributed by atoms with van der Waals surface area (Å²) in [4.78, 5) is 49.4. The van der Waals surface area contributed by atoms with Crippen molar-refractivity contribution in [3.63, 3.8) is 0 Å². The highest BCUT2D eigenvalue weighted by Gasteiger charge is 2.33. The molecule has 4 aromatic carbocycles. The van der Waals surface area contributed by atoms with Gasteiger partial charge in [-0.1, -0.05) is 12.1 Å². The van der Waals surface area contributed by atoms with Crippen molar-refractivity contribution in [3.05, 3.63) is 36.4 Å². The Morgan fingerprint density at radius 1 is 0.412 bits per heavy atom. The monoisotopic (exact) mass is 1270 g/mol. The Bertz CT molecular complexity index is 3020. The third-order valence-electron chi connectivity index (χ3n) is 12.2. The molecule has 32 heteroatoms. The van der Waals surface area contributed by atoms with Crippen LogP contribution in [0.1, 0.15) is 44.9 Å². The summed E-state index contributed by atoms with van der Waals surface area (Å²) in [7, 11) is -15.0. The molecule has 0 spiro atoms. The predicted octanol–water partition coefficient (Wildman–Crippen LogP) is 2.58. The maximum Gasteiger partial charge on any atom is 0.335 e. The molecule has 1 aliphatic rings. The lowest BCUT2D eigenvalue weighted by atomic mass is 9.93. The molecular weight excluding hydrogens is 1190 g/mol. The van der Waals surface area contributed by atoms with Gasteiger partial charge in [0.05, 0.1) is 172 Å². The van der Waals surface area contributed by atoms with Crippen LogP contribution >= 0.6 is 0 Å². The van der Waals surface area contributed by atoms with Gasteiger partial charge in [-0.2, -0.15) is 25.3 Å². The number of amides is 3. The van der Waals surface area contributed by atoms with E-state index in [1.54, 1.807) is 0 Å². The summed E-state index contributed by atoms with van der Waals surface area (Å²) in [5, 5.41) is 2.95. The van der Waals surface area contributed by atoms with E-state index in [1.807, 2.05) is 0 Å². The number of benzene rings is 4. The highest BCUT2D eigenvalue weighted by molar-refractivity contribution is 7.87. The Kier molecular flexibility index (Phi) is 32.0. The molecule has 0 aromatic heterocycles. The molecule has 1 aliphatic heterocycles. The Labute approximate surface area is 492 Å². The Morgan fingerprint density at radius 2 is 0.776 bits per heavy atom. The van der Waals surface area contributed by atoms with Gasteiger partial charge < -0.3 is 71.7 Å². The Balaban J connectivity index is 0.732. The lowest BCUT2D eigenvalue weighted by molar-refractivity contribution is -0.198. The molecule has 85 heavy (non-hydrogen) atoms. The van der Waals surface area contributed by atoms with Crippen LogP contribution in [0.5, 0.6) is 5.75 Å². The summed E-state index contributed by atoms with van der Waals surface area (Å²) in [5.41, 5.74) is 0. The molecule has 29 nitrogen and oxygen atoms in total. The maximum atomic E-state index is 12.5. The molecule has 1 heterocycles. The number of nitrogens with one attached hydrogen (secondary N) is 1. The van der Waals surface area contributed by atoms with E-state index in [1.165, 1.54) is 18.2 Å². The van der Waals surface area contributed by atoms with E-state index in [9.17, 15) is 58.1 Å². The third kappa shape index (κ3) is 25.7. The average Bonchev–Trinajstić information content (AvgIpc) is 1.58. The molecule has 3 amide bonds. The second kappa shape index (κ2) is 38.4. The summed E-state index contributed by atoms with van der Waals surface area (Å²) < 4.78 is 176. The largest absolute Gasteiger partial charge is 0.493 e. The van der Waals surface area contributed by atoms with E-state index in [4.69, 9.17) is 66.4 Å². The zero-order valence-corrected chi connectivity index (χ0v) is 49.6. The van der Waals surface area contributed by atoms with E-state index in [0.717, 1.165) is 12.1 Å². The molecule has 0 aliphatic carbocycles. The lowest BCUT2D eigenvalue weighted by Gasteiger charge is -2.19. The standard InChI is InChI=1S/C53H76N2O27S3/c56-48(4-2-1-3-13-81-44-38-43-47(85(66,67)68)39-46(84(63,64)65)42-6-5-41-45(83(60,61)62)8-7-40(44)52(41)53(42)43)54-12-15-70-17-19-72-21-23-74-25-27-76-29-31-78-33-35-80-37-36-79-34-32-77-30-28-75-26-24-73-22-20-71-18-16-69-14-11-51(59)82-55-49(57)9-10-50(55)58/h5-8,38-39H,1-4,9-37H2,(H,54,56)(H,60,61,62)(H,63,64,65)(H,66,67,68). The molecule has 0 unspecified atom stereocenters. The van der Waals surface area contributed by atoms with Crippen LogP contribution in [0.15, 0.2) is 51.1 Å². The van der Waals surface area contributed by atoms with E-state index < -0.39 is 62.8 Å². The number of imide groups is 1. The van der Waals surface area contributed by atoms with Gasteiger partial charge in [0.1, 0.15) is 20.4 Å². The van der Waals surface area contributed by atoms with Crippen LogP contribution in [-0.2, 0) is 111 Å². The van der Waals surface area contributed by atoms with Gasteiger partial charge in [0, 0.05) is 58.1 Å². The summed E-state index contributed by atoms with van der Waals surface area (Å²) >= 11 is 0. The summed E-state index contributed by atoms with van der Waals surface area (Å²) in [6, 6.07) is 6.66. The molecule has 4 aromatic rings. The highest BCUT2D eigenvalue weighted by Crippen LogP contribution is 2.45. The first-order valence-electron chi connectivity index (χ1n) is 27.5. The minimum absolute atomic E-state index is 0.00947. The number of hydroxylamine groups is 2. The summed E-state index contributed by atoms with van der Waals surface area (Å²) in [6.45, 7) is 9.34. The van der Waals surface area contributed by atoms with Gasteiger partial charge in [-0.05, 0) is 43.5 Å². The van der Waals surface area contributed by atoms with E-state index in [2.05, 4.69) is 5.32 Å². The molecule has 0 bridgehead atoms. The molecule has 4 N–H and O–H groups in total. The SMILES string of the molecule is O=C(CCCCCOc1cc2c(S(=O)(=O)O)cc(S(=O)(=O)O)c3ccc4c(S(=O)(=O)O)ccc1c4c32)NCCOCCOCCOCCOCCOCCOCCOCCOCCOCCOCCOCCOCCC(=O)ON1C(=O)CCC1=O. The molecule has 0 radical (unpaired) electrons. The van der Waals surface area contributed by atoms with Gasteiger partial charge >= 0.3 is 5.97 Å². The van der Waals surface area contributed by atoms with Crippen molar-refractivity contribution in [2.75, 3.05) is 172 Å². The van der Waals surface area contributed by atoms with Crippen molar-refractivity contribution in [2.45, 2.75) is 59.6 Å². The topological polar surface area (TPSA) is 376 Å². The van der Waals surface area contributed by atoms with Crippen molar-refractivity contribution < 1.29 is 125 Å². The zero-order chi connectivity index (χ0) is 61.3. The second-order valence-electron chi connectivity index (χ2n) is 18.4. The van der Waals surface area contributed by atoms with Crippen molar-refractivity contribution >= 4 is 86.4 Å². The number of carbonyl (C=O) groups is 4. The van der Waals surface area contributed by atoms with Gasteiger partial charge in [0.25, 0.3) is 42.2 Å². The first-order valence-corrected chi connectivity index (χ1v) is 31.8. The van der Waals surface area contributed by atoms with Gasteiger partial charge in [0.2, 0.25) is 5.91 Å². The molecule has 1 saturated heterocycles. The number of ether oxygens (including phenoxy) is 13. The quantitative estimate of drug-likeness (QED) is 0.0214. The van der Waals surface area contributed by atoms with Crippen molar-refractivity contribution in [1.82, 2.24) is 10.4 Å². The fourth-order valence-electron chi connectivity index (χ4n) is 8.21.